The largest absolute Gasteiger partial charge is 0.472 e. The molecule has 1 aliphatic heterocycles. The van der Waals surface area contributed by atoms with Crippen molar-refractivity contribution in [2.24, 2.45) is 0 Å². The van der Waals surface area contributed by atoms with Crippen LogP contribution in [0.5, 0.6) is 0 Å². The lowest BCUT2D eigenvalue weighted by molar-refractivity contribution is -0.119. The Balaban J connectivity index is 1.61. The van der Waals surface area contributed by atoms with Crippen molar-refractivity contribution in [2.75, 3.05) is 11.1 Å². The molecule has 2 aromatic heterocycles. The number of amides is 2. The molecule has 0 radical (unpaired) electrons. The van der Waals surface area contributed by atoms with Gasteiger partial charge < -0.3 is 14.6 Å². The van der Waals surface area contributed by atoms with Crippen molar-refractivity contribution in [1.29, 1.82) is 0 Å². The van der Waals surface area contributed by atoms with E-state index in [1.54, 1.807) is 35.3 Å². The van der Waals surface area contributed by atoms with E-state index in [4.69, 9.17) is 4.42 Å². The third-order valence-electron chi connectivity index (χ3n) is 4.87. The standard InChI is InChI=1S/C21H20N2O3S2/c1-13-5-6-16(10-14(13)2)22-19(24)17-12-28-21(15-7-8-26-11-15)23(17)20(25)18-4-3-9-27-18/h3-11,17,21H,12H2,1-2H3,(H,22,24)/t17-,21+/m1/s1. The van der Waals surface area contributed by atoms with E-state index in [-0.39, 0.29) is 17.2 Å². The molecule has 1 saturated heterocycles. The predicted molar refractivity (Wildman–Crippen MR) is 113 cm³/mol. The summed E-state index contributed by atoms with van der Waals surface area (Å²) in [6, 6.07) is 10.8. The van der Waals surface area contributed by atoms with Crippen LogP contribution in [0, 0.1) is 13.8 Å². The molecule has 3 heterocycles. The Morgan fingerprint density at radius 3 is 2.71 bits per heavy atom. The summed E-state index contributed by atoms with van der Waals surface area (Å²) < 4.78 is 5.21. The van der Waals surface area contributed by atoms with Crippen molar-refractivity contribution in [3.63, 3.8) is 0 Å². The number of carbonyl (C=O) groups is 2. The van der Waals surface area contributed by atoms with Gasteiger partial charge in [-0.2, -0.15) is 0 Å². The smallest absolute Gasteiger partial charge is 0.265 e. The number of thioether (sulfide) groups is 1. The average molecular weight is 413 g/mol. The van der Waals surface area contributed by atoms with Crippen molar-refractivity contribution in [3.05, 3.63) is 75.9 Å². The monoisotopic (exact) mass is 412 g/mol. The number of rotatable bonds is 4. The minimum absolute atomic E-state index is 0.133. The lowest BCUT2D eigenvalue weighted by Crippen LogP contribution is -2.45. The van der Waals surface area contributed by atoms with E-state index in [2.05, 4.69) is 5.32 Å². The van der Waals surface area contributed by atoms with Crippen LogP contribution in [0.25, 0.3) is 0 Å². The van der Waals surface area contributed by atoms with Gasteiger partial charge in [0, 0.05) is 17.0 Å². The van der Waals surface area contributed by atoms with Gasteiger partial charge in [0.2, 0.25) is 5.91 Å². The van der Waals surface area contributed by atoms with Gasteiger partial charge in [0.1, 0.15) is 11.4 Å². The molecule has 1 fully saturated rings. The van der Waals surface area contributed by atoms with E-state index in [1.165, 1.54) is 16.9 Å². The molecule has 28 heavy (non-hydrogen) atoms. The number of carbonyl (C=O) groups excluding carboxylic acids is 2. The number of hydrogen-bond donors (Lipinski definition) is 1. The molecular formula is C21H20N2O3S2. The number of nitrogens with zero attached hydrogens (tertiary/aromatic N) is 1. The van der Waals surface area contributed by atoms with Crippen LogP contribution in [0.3, 0.4) is 0 Å². The molecule has 0 bridgehead atoms. The molecule has 4 rings (SSSR count). The highest BCUT2D eigenvalue weighted by Crippen LogP contribution is 2.43. The Kier molecular flexibility index (Phi) is 5.28. The molecule has 0 saturated carbocycles. The summed E-state index contributed by atoms with van der Waals surface area (Å²) in [5, 5.41) is 4.60. The Morgan fingerprint density at radius 1 is 1.18 bits per heavy atom. The zero-order valence-electron chi connectivity index (χ0n) is 15.5. The Morgan fingerprint density at radius 2 is 2.04 bits per heavy atom. The maximum atomic E-state index is 13.2. The van der Waals surface area contributed by atoms with Gasteiger partial charge in [-0.25, -0.2) is 0 Å². The van der Waals surface area contributed by atoms with Gasteiger partial charge in [0.25, 0.3) is 5.91 Å². The van der Waals surface area contributed by atoms with Crippen LogP contribution >= 0.6 is 23.1 Å². The Hall–Kier alpha value is -2.51. The number of benzene rings is 1. The molecule has 2 amide bonds. The highest BCUT2D eigenvalue weighted by Gasteiger charge is 2.43. The molecular weight excluding hydrogens is 392 g/mol. The fourth-order valence-corrected chi connectivity index (χ4v) is 5.27. The van der Waals surface area contributed by atoms with Gasteiger partial charge in [-0.15, -0.1) is 23.1 Å². The first kappa shape index (κ1) is 18.8. The van der Waals surface area contributed by atoms with Crippen LogP contribution in [0.2, 0.25) is 0 Å². The lowest BCUT2D eigenvalue weighted by Gasteiger charge is -2.28. The highest BCUT2D eigenvalue weighted by molar-refractivity contribution is 7.99. The van der Waals surface area contributed by atoms with E-state index in [0.717, 1.165) is 16.8 Å². The second-order valence-electron chi connectivity index (χ2n) is 6.74. The molecule has 3 aromatic rings. The number of nitrogens with one attached hydrogen (secondary N) is 1. The van der Waals surface area contributed by atoms with Crippen molar-refractivity contribution >= 4 is 40.6 Å². The molecule has 1 N–H and O–H groups in total. The summed E-state index contributed by atoms with van der Waals surface area (Å²) in [6.07, 6.45) is 3.22. The third-order valence-corrected chi connectivity index (χ3v) is 7.05. The van der Waals surface area contributed by atoms with Crippen LogP contribution in [-0.2, 0) is 4.79 Å². The summed E-state index contributed by atoms with van der Waals surface area (Å²) in [4.78, 5) is 28.6. The maximum absolute atomic E-state index is 13.2. The summed E-state index contributed by atoms with van der Waals surface area (Å²) in [5.74, 6) is 0.224. The number of thiophene rings is 1. The quantitative estimate of drug-likeness (QED) is 0.665. The number of anilines is 1. The zero-order chi connectivity index (χ0) is 19.7. The molecule has 5 nitrogen and oxygen atoms in total. The molecule has 7 heteroatoms. The van der Waals surface area contributed by atoms with Gasteiger partial charge >= 0.3 is 0 Å². The molecule has 144 valence electrons. The van der Waals surface area contributed by atoms with Crippen LogP contribution < -0.4 is 5.32 Å². The van der Waals surface area contributed by atoms with Crippen LogP contribution in [-0.4, -0.2) is 28.5 Å². The summed E-state index contributed by atoms with van der Waals surface area (Å²) >= 11 is 2.96. The van der Waals surface area contributed by atoms with E-state index in [0.29, 0.717) is 10.6 Å². The fourth-order valence-electron chi connectivity index (χ4n) is 3.20. The second kappa shape index (κ2) is 7.85. The summed E-state index contributed by atoms with van der Waals surface area (Å²) in [6.45, 7) is 4.05. The topological polar surface area (TPSA) is 62.6 Å². The number of furan rings is 1. The Labute approximate surface area is 171 Å². The van der Waals surface area contributed by atoms with E-state index in [1.807, 2.05) is 49.6 Å². The van der Waals surface area contributed by atoms with Crippen LogP contribution in [0.4, 0.5) is 5.69 Å². The minimum Gasteiger partial charge on any atom is -0.472 e. The minimum atomic E-state index is -0.555. The fraction of sp³-hybridized carbons (Fsp3) is 0.238. The normalized spacial score (nSPS) is 19.0. The van der Waals surface area contributed by atoms with E-state index in [9.17, 15) is 9.59 Å². The second-order valence-corrected chi connectivity index (χ2v) is 8.80. The first-order valence-corrected chi connectivity index (χ1v) is 10.9. The van der Waals surface area contributed by atoms with Gasteiger partial charge in [-0.1, -0.05) is 12.1 Å². The maximum Gasteiger partial charge on any atom is 0.265 e. The highest BCUT2D eigenvalue weighted by atomic mass is 32.2. The van der Waals surface area contributed by atoms with Crippen molar-refractivity contribution in [2.45, 2.75) is 25.3 Å². The lowest BCUT2D eigenvalue weighted by atomic mass is 10.1. The first-order valence-electron chi connectivity index (χ1n) is 8.92. The van der Waals surface area contributed by atoms with Gasteiger partial charge in [-0.3, -0.25) is 9.59 Å². The van der Waals surface area contributed by atoms with E-state index < -0.39 is 6.04 Å². The Bertz CT molecular complexity index is 983. The van der Waals surface area contributed by atoms with Crippen molar-refractivity contribution in [3.8, 4) is 0 Å². The van der Waals surface area contributed by atoms with Gasteiger partial charge in [0.05, 0.1) is 17.4 Å². The van der Waals surface area contributed by atoms with Crippen LogP contribution in [0.15, 0.2) is 58.7 Å². The summed E-state index contributed by atoms with van der Waals surface area (Å²) in [5.41, 5.74) is 3.91. The van der Waals surface area contributed by atoms with Crippen molar-refractivity contribution in [1.82, 2.24) is 4.90 Å². The van der Waals surface area contributed by atoms with Crippen molar-refractivity contribution < 1.29 is 14.0 Å². The third kappa shape index (κ3) is 3.59. The zero-order valence-corrected chi connectivity index (χ0v) is 17.2. The number of aryl methyl sites for hydroxylation is 2. The molecule has 2 atom stereocenters. The molecule has 1 aliphatic rings. The van der Waals surface area contributed by atoms with E-state index >= 15 is 0 Å². The molecule has 1 aromatic carbocycles. The molecule has 0 aliphatic carbocycles. The average Bonchev–Trinajstić information content (AvgIpc) is 3.44. The van der Waals surface area contributed by atoms with Gasteiger partial charge in [0.15, 0.2) is 0 Å². The summed E-state index contributed by atoms with van der Waals surface area (Å²) in [7, 11) is 0. The van der Waals surface area contributed by atoms with Crippen LogP contribution in [0.1, 0.15) is 31.7 Å². The van der Waals surface area contributed by atoms with Gasteiger partial charge in [-0.05, 0) is 54.6 Å². The molecule has 0 spiro atoms. The molecule has 0 unspecified atom stereocenters. The SMILES string of the molecule is Cc1ccc(NC(=O)[C@H]2CS[C@@H](c3ccoc3)N2C(=O)c2cccs2)cc1C. The first-order chi connectivity index (χ1) is 13.5. The predicted octanol–water partition coefficient (Wildman–Crippen LogP) is 4.85. The number of hydrogen-bond acceptors (Lipinski definition) is 5.